The van der Waals surface area contributed by atoms with Crippen LogP contribution in [0, 0.1) is 50.2 Å². The number of fused-ring (bicyclic) bond motifs is 7. The number of methoxy groups -OCH3 is 2. The van der Waals surface area contributed by atoms with Crippen LogP contribution < -0.4 is 0 Å². The predicted molar refractivity (Wildman–Crippen MR) is 291 cm³/mol. The molecule has 0 spiro atoms. The highest BCUT2D eigenvalue weighted by atomic mass is 16.8. The van der Waals surface area contributed by atoms with Gasteiger partial charge in [0.15, 0.2) is 31.3 Å². The van der Waals surface area contributed by atoms with E-state index < -0.39 is 237 Å². The van der Waals surface area contributed by atoms with Gasteiger partial charge in [-0.2, -0.15) is 0 Å². The van der Waals surface area contributed by atoms with E-state index in [1.807, 2.05) is 0 Å². The van der Waals surface area contributed by atoms with Crippen LogP contribution in [0.2, 0.25) is 0 Å². The molecule has 12 unspecified atom stereocenters. The second-order valence-corrected chi connectivity index (χ2v) is 28.2. The van der Waals surface area contributed by atoms with Crippen molar-refractivity contribution in [1.29, 1.82) is 0 Å². The largest absolute Gasteiger partial charge is 0.468 e. The van der Waals surface area contributed by atoms with Crippen molar-refractivity contribution in [2.75, 3.05) is 53.9 Å². The van der Waals surface area contributed by atoms with Gasteiger partial charge in [-0.3, -0.25) is 9.59 Å². The Balaban J connectivity index is 0.884. The highest BCUT2D eigenvalue weighted by molar-refractivity contribution is 5.80. The first kappa shape index (κ1) is 68.5. The van der Waals surface area contributed by atoms with E-state index in [-0.39, 0.29) is 30.6 Å². The van der Waals surface area contributed by atoms with E-state index in [9.17, 15) is 81.4 Å². The molecule has 0 aromatic heterocycles. The van der Waals surface area contributed by atoms with Gasteiger partial charge in [-0.1, -0.05) is 46.3 Å². The molecule has 0 aromatic carbocycles. The standard InChI is InChI=1S/C59H94O29/c1-24-41(84-46-40(72)42(28(64)20-79-46)85-50-44(73)57(76,21-61)23-81-50)37(69)39(71)47(82-24)86-43-34(66)27(63)19-80-49(43)88-52(75)58-14-13-53(2,3)15-26(58)25-9-10-31-54(4)16-29(77-7)45(87-48-38(70)36(68)35(67)30(18-60)83-48)59(22-62,51(74)78-8)32(54)11-12-55(31,5)56(25,6)17-33(58)65/h9,24,26-50,60-73,76H,10-23H2,1-8H3/t24-,26?,27-,28+,29?,30+,31?,32?,33?,34-,35+,36-,37-,38+,39+,40+,41-,42-,43+,44-,45?,46-,47-,48-,49-,50-,54?,55?,56?,57?,58?,59?/m0/s1. The van der Waals surface area contributed by atoms with Crippen LogP contribution in [0.3, 0.4) is 0 Å². The molecule has 88 heavy (non-hydrogen) atoms. The van der Waals surface area contributed by atoms with Crippen LogP contribution in [-0.2, 0) is 66.4 Å². The lowest BCUT2D eigenvalue weighted by atomic mass is 9.33. The zero-order chi connectivity index (χ0) is 64.3. The summed E-state index contributed by atoms with van der Waals surface area (Å²) >= 11 is 0. The van der Waals surface area contributed by atoms with Crippen molar-refractivity contribution >= 4 is 11.9 Å². The van der Waals surface area contributed by atoms with Gasteiger partial charge in [0, 0.05) is 7.11 Å². The molecule has 15 N–H and O–H groups in total. The summed E-state index contributed by atoms with van der Waals surface area (Å²) in [6, 6.07) is 0. The molecule has 0 amide bonds. The summed E-state index contributed by atoms with van der Waals surface area (Å²) in [4.78, 5) is 30.1. The summed E-state index contributed by atoms with van der Waals surface area (Å²) in [5, 5.41) is 165. The summed E-state index contributed by atoms with van der Waals surface area (Å²) in [6.45, 7) is 7.94. The Bertz CT molecular complexity index is 2510. The summed E-state index contributed by atoms with van der Waals surface area (Å²) in [5.74, 6) is -3.27. The third kappa shape index (κ3) is 10.8. The first-order valence-corrected chi connectivity index (χ1v) is 30.7. The Morgan fingerprint density at radius 1 is 0.625 bits per heavy atom. The van der Waals surface area contributed by atoms with Crippen molar-refractivity contribution in [2.45, 2.75) is 240 Å². The number of hydrogen-bond acceptors (Lipinski definition) is 29. The molecule has 0 aromatic rings. The molecule has 5 heterocycles. The van der Waals surface area contributed by atoms with Crippen LogP contribution in [0.4, 0.5) is 0 Å². The molecule has 5 aliphatic carbocycles. The lowest BCUT2D eigenvalue weighted by Gasteiger charge is -2.72. The molecule has 29 heteroatoms. The average Bonchev–Trinajstić information content (AvgIpc) is 0.701. The molecule has 0 bridgehead atoms. The van der Waals surface area contributed by atoms with E-state index in [0.717, 1.165) is 5.57 Å². The monoisotopic (exact) mass is 1270 g/mol. The smallest absolute Gasteiger partial charge is 0.317 e. The number of ether oxygens (including phenoxy) is 12. The molecule has 29 nitrogen and oxygen atoms in total. The highest BCUT2D eigenvalue weighted by Gasteiger charge is 2.75. The van der Waals surface area contributed by atoms with Gasteiger partial charge in [0.25, 0.3) is 0 Å². The molecular weight excluding hydrogens is 1170 g/mol. The van der Waals surface area contributed by atoms with Gasteiger partial charge >= 0.3 is 11.9 Å². The lowest BCUT2D eigenvalue weighted by molar-refractivity contribution is -0.372. The SMILES string of the molecule is COC(=O)C1(CO)C(O[C@@H]2O[C@H](CO)[C@@H](O)[C@H](O)[C@H]2O)C(OC)CC2(C)C1CCC1(C)C2CC=C2C3CC(C)(C)CCC3(C(=O)O[C@@H]3OC[C@H](O)[C@H](O)[C@H]3O[C@@H]3O[C@@H](C)[C@H](O[C@@H]4OC[C@@H](O)[C@H](O[C@@H]5OCC(O)(CO)[C@H]5O)[C@H]4O)[C@@H](O)[C@H]3O)C(O)CC21C. The van der Waals surface area contributed by atoms with E-state index in [0.29, 0.717) is 32.1 Å². The average molecular weight is 1270 g/mol. The van der Waals surface area contributed by atoms with Gasteiger partial charge in [0.1, 0.15) is 102 Å². The Labute approximate surface area is 509 Å². The maximum absolute atomic E-state index is 15.5. The number of rotatable bonds is 15. The Kier molecular flexibility index (Phi) is 19.6. The van der Waals surface area contributed by atoms with Gasteiger partial charge in [0.2, 0.25) is 6.29 Å². The maximum atomic E-state index is 15.5. The fourth-order valence-corrected chi connectivity index (χ4v) is 17.7. The van der Waals surface area contributed by atoms with Crippen LogP contribution >= 0.6 is 0 Å². The van der Waals surface area contributed by atoms with Crippen LogP contribution in [-0.4, -0.2) is 289 Å². The highest BCUT2D eigenvalue weighted by Crippen LogP contribution is 2.76. The van der Waals surface area contributed by atoms with Gasteiger partial charge < -0.3 is 133 Å². The quantitative estimate of drug-likeness (QED) is 0.0417. The van der Waals surface area contributed by atoms with Gasteiger partial charge in [-0.15, -0.1) is 0 Å². The van der Waals surface area contributed by atoms with Gasteiger partial charge in [0.05, 0.1) is 65.1 Å². The number of aliphatic hydroxyl groups is 15. The molecule has 5 aliphatic heterocycles. The molecule has 504 valence electrons. The fourth-order valence-electron chi connectivity index (χ4n) is 17.7. The van der Waals surface area contributed by atoms with Gasteiger partial charge in [-0.05, 0) is 97.7 Å². The van der Waals surface area contributed by atoms with E-state index in [2.05, 4.69) is 40.7 Å². The third-order valence-electron chi connectivity index (χ3n) is 23.0. The first-order valence-electron chi connectivity index (χ1n) is 30.7. The van der Waals surface area contributed by atoms with Crippen LogP contribution in [0.25, 0.3) is 0 Å². The zero-order valence-electron chi connectivity index (χ0n) is 50.9. The molecular formula is C59H94O29. The van der Waals surface area contributed by atoms with E-state index in [4.69, 9.17) is 56.8 Å². The van der Waals surface area contributed by atoms with Crippen LogP contribution in [0.15, 0.2) is 11.6 Å². The van der Waals surface area contributed by atoms with Crippen LogP contribution in [0.5, 0.6) is 0 Å². The summed E-state index contributed by atoms with van der Waals surface area (Å²) < 4.78 is 70.6. The van der Waals surface area contributed by atoms with E-state index in [1.165, 1.54) is 21.1 Å². The molecule has 9 fully saturated rings. The van der Waals surface area contributed by atoms with E-state index >= 15 is 4.79 Å². The predicted octanol–water partition coefficient (Wildman–Crippen LogP) is -4.54. The van der Waals surface area contributed by atoms with Crippen molar-refractivity contribution < 1.29 is 143 Å². The number of allylic oxidation sites excluding steroid dienone is 2. The molecule has 10 rings (SSSR count). The molecule has 32 atom stereocenters. The Morgan fingerprint density at radius 2 is 1.27 bits per heavy atom. The second kappa shape index (κ2) is 25.1. The Hall–Kier alpha value is -2.32. The second-order valence-electron chi connectivity index (χ2n) is 28.2. The molecule has 4 saturated carbocycles. The van der Waals surface area contributed by atoms with Crippen molar-refractivity contribution in [2.24, 2.45) is 50.2 Å². The first-order chi connectivity index (χ1) is 41.3. The molecule has 0 radical (unpaired) electrons. The Morgan fingerprint density at radius 3 is 1.92 bits per heavy atom. The normalized spacial score (nSPS) is 53.6. The third-order valence-corrected chi connectivity index (χ3v) is 23.0. The minimum atomic E-state index is -2.08. The number of aliphatic hydroxyl groups excluding tert-OH is 14. The van der Waals surface area contributed by atoms with Crippen molar-refractivity contribution in [3.8, 4) is 0 Å². The zero-order valence-corrected chi connectivity index (χ0v) is 50.9. The van der Waals surface area contributed by atoms with Crippen LogP contribution in [0.1, 0.15) is 92.9 Å². The van der Waals surface area contributed by atoms with Crippen molar-refractivity contribution in [3.63, 3.8) is 0 Å². The van der Waals surface area contributed by atoms with Crippen molar-refractivity contribution in [3.05, 3.63) is 11.6 Å². The topological polar surface area (TPSA) is 448 Å². The number of hydrogen-bond donors (Lipinski definition) is 15. The number of carbonyl (C=O) groups excluding carboxylic acids is 2. The summed E-state index contributed by atoms with van der Waals surface area (Å²) in [6.07, 6.45) is -32.7. The van der Waals surface area contributed by atoms with E-state index in [1.54, 1.807) is 0 Å². The number of carbonyl (C=O) groups is 2. The van der Waals surface area contributed by atoms with Crippen molar-refractivity contribution in [1.82, 2.24) is 0 Å². The fraction of sp³-hybridized carbons (Fsp3) is 0.932. The molecule has 5 saturated heterocycles. The number of esters is 2. The molecule has 10 aliphatic rings. The minimum Gasteiger partial charge on any atom is -0.468 e. The summed E-state index contributed by atoms with van der Waals surface area (Å²) in [7, 11) is 2.62. The minimum absolute atomic E-state index is 0.0649. The summed E-state index contributed by atoms with van der Waals surface area (Å²) in [5.41, 5.74) is -7.31. The lowest BCUT2D eigenvalue weighted by Crippen LogP contribution is -2.72. The maximum Gasteiger partial charge on any atom is 0.317 e. The van der Waals surface area contributed by atoms with Gasteiger partial charge in [-0.25, -0.2) is 0 Å².